The molecular formula is C17H31IN6OS. The third kappa shape index (κ3) is 6.99. The molecule has 1 aromatic heterocycles. The van der Waals surface area contributed by atoms with Crippen molar-refractivity contribution in [2.45, 2.75) is 39.3 Å². The van der Waals surface area contributed by atoms with Crippen molar-refractivity contribution in [1.82, 2.24) is 25.4 Å². The number of carbonyl (C=O) groups excluding carboxylic acids is 1. The Hall–Kier alpha value is -0.940. The molecule has 0 radical (unpaired) electrons. The zero-order valence-electron chi connectivity index (χ0n) is 16.3. The van der Waals surface area contributed by atoms with E-state index in [0.29, 0.717) is 12.6 Å². The number of hydrogen-bond acceptors (Lipinski definition) is 5. The average Bonchev–Trinajstić information content (AvgIpc) is 2.90. The van der Waals surface area contributed by atoms with Crippen molar-refractivity contribution in [3.63, 3.8) is 0 Å². The number of halogens is 1. The van der Waals surface area contributed by atoms with Gasteiger partial charge in [0.2, 0.25) is 5.91 Å². The number of hydrogen-bond donors (Lipinski definition) is 2. The monoisotopic (exact) mass is 494 g/mol. The predicted octanol–water partition coefficient (Wildman–Crippen LogP) is 1.60. The lowest BCUT2D eigenvalue weighted by Gasteiger charge is -2.33. The van der Waals surface area contributed by atoms with Crippen LogP contribution in [-0.2, 0) is 11.3 Å². The van der Waals surface area contributed by atoms with E-state index in [0.717, 1.165) is 49.1 Å². The van der Waals surface area contributed by atoms with Crippen LogP contribution in [0.4, 0.5) is 0 Å². The number of guanidine groups is 1. The molecule has 0 spiro atoms. The Morgan fingerprint density at radius 3 is 2.50 bits per heavy atom. The van der Waals surface area contributed by atoms with Crippen LogP contribution in [0.25, 0.3) is 0 Å². The van der Waals surface area contributed by atoms with Gasteiger partial charge in [-0.15, -0.1) is 35.3 Å². The van der Waals surface area contributed by atoms with Gasteiger partial charge in [-0.05, 0) is 26.7 Å². The van der Waals surface area contributed by atoms with Crippen LogP contribution in [0.2, 0.25) is 0 Å². The Labute approximate surface area is 177 Å². The van der Waals surface area contributed by atoms with Gasteiger partial charge in [0.1, 0.15) is 0 Å². The maximum atomic E-state index is 11.8. The highest BCUT2D eigenvalue weighted by molar-refractivity contribution is 14.0. The Balaban J connectivity index is 0.00000338. The van der Waals surface area contributed by atoms with Crippen LogP contribution in [0.5, 0.6) is 0 Å². The van der Waals surface area contributed by atoms with Gasteiger partial charge in [-0.1, -0.05) is 0 Å². The number of nitrogens with one attached hydrogen (secondary N) is 2. The summed E-state index contributed by atoms with van der Waals surface area (Å²) in [6.07, 6.45) is 2.03. The van der Waals surface area contributed by atoms with E-state index < -0.39 is 0 Å². The summed E-state index contributed by atoms with van der Waals surface area (Å²) in [4.78, 5) is 25.7. The Morgan fingerprint density at radius 1 is 1.35 bits per heavy atom. The van der Waals surface area contributed by atoms with Gasteiger partial charge < -0.3 is 15.5 Å². The van der Waals surface area contributed by atoms with Gasteiger partial charge in [-0.3, -0.25) is 14.7 Å². The molecule has 0 unspecified atom stereocenters. The minimum atomic E-state index is 0. The number of thiazole rings is 1. The number of aliphatic imine (C=N–C) groups is 1. The van der Waals surface area contributed by atoms with Gasteiger partial charge in [0.15, 0.2) is 5.96 Å². The van der Waals surface area contributed by atoms with Gasteiger partial charge >= 0.3 is 0 Å². The molecule has 148 valence electrons. The molecule has 1 amide bonds. The van der Waals surface area contributed by atoms with Gasteiger partial charge in [0.25, 0.3) is 0 Å². The fraction of sp³-hybridized carbons (Fsp3) is 0.706. The summed E-state index contributed by atoms with van der Waals surface area (Å²) in [5, 5.41) is 7.97. The largest absolute Gasteiger partial charge is 0.354 e. The summed E-state index contributed by atoms with van der Waals surface area (Å²) in [6, 6.07) is 0.390. The average molecular weight is 494 g/mol. The van der Waals surface area contributed by atoms with E-state index in [4.69, 9.17) is 0 Å². The van der Waals surface area contributed by atoms with Gasteiger partial charge in [-0.25, -0.2) is 4.98 Å². The normalized spacial score (nSPS) is 16.1. The first-order valence-corrected chi connectivity index (χ1v) is 9.53. The van der Waals surface area contributed by atoms with Crippen molar-refractivity contribution in [2.24, 2.45) is 4.99 Å². The number of rotatable bonds is 5. The van der Waals surface area contributed by atoms with E-state index in [2.05, 4.69) is 25.5 Å². The molecule has 0 saturated carbocycles. The van der Waals surface area contributed by atoms with Crippen LogP contribution in [-0.4, -0.2) is 73.5 Å². The van der Waals surface area contributed by atoms with Crippen LogP contribution < -0.4 is 10.6 Å². The van der Waals surface area contributed by atoms with Crippen molar-refractivity contribution in [3.05, 3.63) is 15.6 Å². The Morgan fingerprint density at radius 2 is 2.00 bits per heavy atom. The van der Waals surface area contributed by atoms with Gasteiger partial charge in [0, 0.05) is 45.2 Å². The molecule has 1 aliphatic rings. The second kappa shape index (κ2) is 11.0. The number of aromatic nitrogens is 1. The van der Waals surface area contributed by atoms with Crippen LogP contribution in [0.3, 0.4) is 0 Å². The lowest BCUT2D eigenvalue weighted by Crippen LogP contribution is -2.49. The zero-order valence-corrected chi connectivity index (χ0v) is 19.5. The molecule has 1 aliphatic heterocycles. The molecule has 7 nitrogen and oxygen atoms in total. The highest BCUT2D eigenvalue weighted by Crippen LogP contribution is 2.16. The molecule has 0 bridgehead atoms. The summed E-state index contributed by atoms with van der Waals surface area (Å²) in [6.45, 7) is 7.19. The predicted molar refractivity (Wildman–Crippen MR) is 118 cm³/mol. The fourth-order valence-electron chi connectivity index (χ4n) is 2.86. The quantitative estimate of drug-likeness (QED) is 0.370. The number of likely N-dealkylation sites (tertiary alicyclic amines) is 1. The first-order chi connectivity index (χ1) is 11.9. The molecule has 1 saturated heterocycles. The highest BCUT2D eigenvalue weighted by atomic mass is 127. The fourth-order valence-corrected chi connectivity index (χ4v) is 3.73. The first kappa shape index (κ1) is 23.1. The maximum absolute atomic E-state index is 11.8. The molecule has 0 aromatic carbocycles. The summed E-state index contributed by atoms with van der Waals surface area (Å²) in [5.41, 5.74) is 1.09. The summed E-state index contributed by atoms with van der Waals surface area (Å²) in [7, 11) is 5.40. The molecular weight excluding hydrogens is 463 g/mol. The SMILES string of the molecule is CN=C(NCc1sc(C)nc1C)NC1CCN(CC(=O)N(C)C)CC1.I. The van der Waals surface area contributed by atoms with Gasteiger partial charge in [-0.2, -0.15) is 0 Å². The molecule has 9 heteroatoms. The van der Waals surface area contributed by atoms with Crippen molar-refractivity contribution >= 4 is 47.2 Å². The van der Waals surface area contributed by atoms with Crippen LogP contribution in [0.1, 0.15) is 28.4 Å². The topological polar surface area (TPSA) is 72.9 Å². The first-order valence-electron chi connectivity index (χ1n) is 8.71. The summed E-state index contributed by atoms with van der Waals surface area (Å²) >= 11 is 1.72. The van der Waals surface area contributed by atoms with Crippen molar-refractivity contribution in [2.75, 3.05) is 40.8 Å². The molecule has 2 N–H and O–H groups in total. The van der Waals surface area contributed by atoms with E-state index in [1.54, 1.807) is 37.4 Å². The standard InChI is InChI=1S/C17H30N6OS.HI/c1-12-15(25-13(2)20-12)10-19-17(18-3)21-14-6-8-23(9-7-14)11-16(24)22(4)5;/h14H,6-11H2,1-5H3,(H2,18,19,21);1H. The van der Waals surface area contributed by atoms with Crippen LogP contribution >= 0.6 is 35.3 Å². The highest BCUT2D eigenvalue weighted by Gasteiger charge is 2.22. The minimum Gasteiger partial charge on any atom is -0.354 e. The third-order valence-electron chi connectivity index (χ3n) is 4.43. The van der Waals surface area contributed by atoms with Gasteiger partial charge in [0.05, 0.1) is 23.8 Å². The van der Waals surface area contributed by atoms with E-state index in [-0.39, 0.29) is 29.9 Å². The third-order valence-corrected chi connectivity index (χ3v) is 5.50. The van der Waals surface area contributed by atoms with E-state index in [9.17, 15) is 4.79 Å². The van der Waals surface area contributed by atoms with Crippen molar-refractivity contribution < 1.29 is 4.79 Å². The van der Waals surface area contributed by atoms with Crippen molar-refractivity contribution in [3.8, 4) is 0 Å². The second-order valence-corrected chi connectivity index (χ2v) is 7.94. The number of nitrogens with zero attached hydrogens (tertiary/aromatic N) is 4. The second-order valence-electron chi connectivity index (χ2n) is 6.65. The Kier molecular flexibility index (Phi) is 9.80. The summed E-state index contributed by atoms with van der Waals surface area (Å²) < 4.78 is 0. The van der Waals surface area contributed by atoms with Crippen molar-refractivity contribution in [1.29, 1.82) is 0 Å². The van der Waals surface area contributed by atoms with Crippen LogP contribution in [0, 0.1) is 13.8 Å². The molecule has 1 fully saturated rings. The number of piperidine rings is 1. The van der Waals surface area contributed by atoms with E-state index >= 15 is 0 Å². The molecule has 0 aliphatic carbocycles. The van der Waals surface area contributed by atoms with E-state index in [1.165, 1.54) is 4.88 Å². The Bertz CT molecular complexity index is 610. The zero-order chi connectivity index (χ0) is 18.4. The summed E-state index contributed by atoms with van der Waals surface area (Å²) in [5.74, 6) is 0.993. The molecule has 26 heavy (non-hydrogen) atoms. The maximum Gasteiger partial charge on any atom is 0.236 e. The lowest BCUT2D eigenvalue weighted by atomic mass is 10.1. The smallest absolute Gasteiger partial charge is 0.236 e. The number of amides is 1. The molecule has 2 heterocycles. The molecule has 1 aromatic rings. The lowest BCUT2D eigenvalue weighted by molar-refractivity contribution is -0.130. The number of aryl methyl sites for hydroxylation is 2. The van der Waals surface area contributed by atoms with Crippen LogP contribution in [0.15, 0.2) is 4.99 Å². The molecule has 0 atom stereocenters. The number of carbonyl (C=O) groups is 1. The minimum absolute atomic E-state index is 0. The van der Waals surface area contributed by atoms with E-state index in [1.807, 2.05) is 13.8 Å². The number of likely N-dealkylation sites (N-methyl/N-ethyl adjacent to an activating group) is 1. The molecule has 2 rings (SSSR count).